The Labute approximate surface area is 125 Å². The van der Waals surface area contributed by atoms with Crippen molar-refractivity contribution in [1.29, 1.82) is 0 Å². The van der Waals surface area contributed by atoms with Crippen molar-refractivity contribution in [3.63, 3.8) is 0 Å². The molecule has 2 aliphatic heterocycles. The molecule has 20 heavy (non-hydrogen) atoms. The quantitative estimate of drug-likeness (QED) is 0.861. The minimum atomic E-state index is -2.78. The Bertz CT molecular complexity index is 587. The van der Waals surface area contributed by atoms with Gasteiger partial charge in [-0.25, -0.2) is 8.42 Å². The number of rotatable bonds is 3. The van der Waals surface area contributed by atoms with Crippen molar-refractivity contribution >= 4 is 21.4 Å². The summed E-state index contributed by atoms with van der Waals surface area (Å²) < 4.78 is 23.2. The van der Waals surface area contributed by atoms with Gasteiger partial charge in [-0.1, -0.05) is 29.8 Å². The topological polar surface area (TPSA) is 37.4 Å². The summed E-state index contributed by atoms with van der Waals surface area (Å²) in [5.74, 6) is 1.02. The molecule has 0 saturated carbocycles. The van der Waals surface area contributed by atoms with Crippen molar-refractivity contribution in [2.75, 3.05) is 24.6 Å². The van der Waals surface area contributed by atoms with E-state index >= 15 is 0 Å². The van der Waals surface area contributed by atoms with E-state index in [0.29, 0.717) is 23.5 Å². The van der Waals surface area contributed by atoms with Crippen molar-refractivity contribution in [3.8, 4) is 0 Å². The third kappa shape index (κ3) is 3.02. The fourth-order valence-electron chi connectivity index (χ4n) is 3.49. The number of hydrogen-bond donors (Lipinski definition) is 0. The maximum atomic E-state index is 11.6. The van der Waals surface area contributed by atoms with E-state index in [-0.39, 0.29) is 0 Å². The molecule has 2 fully saturated rings. The van der Waals surface area contributed by atoms with Crippen LogP contribution in [-0.2, 0) is 9.84 Å². The maximum absolute atomic E-state index is 11.6. The Morgan fingerprint density at radius 3 is 2.75 bits per heavy atom. The van der Waals surface area contributed by atoms with Gasteiger partial charge in [0.1, 0.15) is 0 Å². The van der Waals surface area contributed by atoms with E-state index in [4.69, 9.17) is 11.6 Å². The second-order valence-electron chi connectivity index (χ2n) is 5.94. The molecule has 0 bridgehead atoms. The molecule has 3 nitrogen and oxygen atoms in total. The predicted molar refractivity (Wildman–Crippen MR) is 81.8 cm³/mol. The van der Waals surface area contributed by atoms with Gasteiger partial charge >= 0.3 is 0 Å². The first-order chi connectivity index (χ1) is 9.55. The van der Waals surface area contributed by atoms with E-state index in [0.717, 1.165) is 37.4 Å². The van der Waals surface area contributed by atoms with Crippen LogP contribution in [0.5, 0.6) is 0 Å². The van der Waals surface area contributed by atoms with Gasteiger partial charge in [0.05, 0.1) is 11.5 Å². The van der Waals surface area contributed by atoms with Crippen LogP contribution in [0, 0.1) is 5.92 Å². The Kier molecular flexibility index (Phi) is 4.07. The Morgan fingerprint density at radius 2 is 2.05 bits per heavy atom. The molecule has 0 radical (unpaired) electrons. The van der Waals surface area contributed by atoms with Crippen LogP contribution in [-0.4, -0.2) is 37.9 Å². The third-order valence-corrected chi connectivity index (χ3v) is 6.63. The number of halogens is 1. The van der Waals surface area contributed by atoms with E-state index in [1.165, 1.54) is 5.56 Å². The molecule has 2 aliphatic rings. The summed E-state index contributed by atoms with van der Waals surface area (Å²) in [5, 5.41) is 0.823. The van der Waals surface area contributed by atoms with Gasteiger partial charge in [-0.05, 0) is 43.4 Å². The summed E-state index contributed by atoms with van der Waals surface area (Å²) in [7, 11) is -2.78. The summed E-state index contributed by atoms with van der Waals surface area (Å²) in [4.78, 5) is 2.42. The lowest BCUT2D eigenvalue weighted by molar-refractivity contribution is 0.224. The number of nitrogens with zero attached hydrogens (tertiary/aromatic N) is 1. The summed E-state index contributed by atoms with van der Waals surface area (Å²) in [5.41, 5.74) is 1.19. The predicted octanol–water partition coefficient (Wildman–Crippen LogP) is 2.91. The van der Waals surface area contributed by atoms with Crippen LogP contribution in [0.4, 0.5) is 0 Å². The second kappa shape index (κ2) is 5.66. The minimum Gasteiger partial charge on any atom is -0.296 e. The van der Waals surface area contributed by atoms with Gasteiger partial charge in [0.15, 0.2) is 9.84 Å². The Balaban J connectivity index is 1.72. The first-order valence-electron chi connectivity index (χ1n) is 7.24. The van der Waals surface area contributed by atoms with E-state index in [9.17, 15) is 8.42 Å². The fourth-order valence-corrected chi connectivity index (χ4v) is 5.60. The molecule has 0 aliphatic carbocycles. The molecule has 2 heterocycles. The fraction of sp³-hybridized carbons (Fsp3) is 0.600. The van der Waals surface area contributed by atoms with E-state index in [1.54, 1.807) is 0 Å². The van der Waals surface area contributed by atoms with Gasteiger partial charge in [-0.15, -0.1) is 0 Å². The molecule has 1 aromatic rings. The lowest BCUT2D eigenvalue weighted by Gasteiger charge is -2.27. The zero-order chi connectivity index (χ0) is 14.2. The second-order valence-corrected chi connectivity index (χ2v) is 8.58. The normalized spacial score (nSPS) is 29.9. The molecule has 0 aromatic heterocycles. The number of benzene rings is 1. The summed E-state index contributed by atoms with van der Waals surface area (Å²) in [6.45, 7) is 1.93. The summed E-state index contributed by atoms with van der Waals surface area (Å²) in [6.07, 6.45) is 3.09. The smallest absolute Gasteiger partial charge is 0.150 e. The van der Waals surface area contributed by atoms with Crippen LogP contribution in [0.15, 0.2) is 24.3 Å². The first kappa shape index (κ1) is 14.4. The average molecular weight is 314 g/mol. The molecule has 0 spiro atoms. The standard InChI is InChI=1S/C15H20ClNO2S/c16-14-5-2-1-4-13(14)15-6-3-8-17(15)10-12-7-9-20(18,19)11-12/h1-2,4-5,12,15H,3,6-11H2/t12-,15-/m0/s1. The van der Waals surface area contributed by atoms with Crippen molar-refractivity contribution in [2.24, 2.45) is 5.92 Å². The molecule has 3 rings (SSSR count). The van der Waals surface area contributed by atoms with Crippen molar-refractivity contribution in [3.05, 3.63) is 34.9 Å². The molecule has 2 atom stereocenters. The van der Waals surface area contributed by atoms with Gasteiger partial charge in [0.2, 0.25) is 0 Å². The highest BCUT2D eigenvalue weighted by atomic mass is 35.5. The molecule has 2 saturated heterocycles. The molecule has 1 aromatic carbocycles. The molecule has 0 amide bonds. The molecule has 0 N–H and O–H groups in total. The Hall–Kier alpha value is -0.580. The monoisotopic (exact) mass is 313 g/mol. The van der Waals surface area contributed by atoms with E-state index < -0.39 is 9.84 Å². The summed E-state index contributed by atoms with van der Waals surface area (Å²) in [6, 6.07) is 8.36. The average Bonchev–Trinajstić information content (AvgIpc) is 2.97. The van der Waals surface area contributed by atoms with Crippen molar-refractivity contribution in [2.45, 2.75) is 25.3 Å². The van der Waals surface area contributed by atoms with E-state index in [2.05, 4.69) is 11.0 Å². The van der Waals surface area contributed by atoms with Gasteiger partial charge in [-0.3, -0.25) is 4.90 Å². The van der Waals surface area contributed by atoms with Gasteiger partial charge in [0, 0.05) is 17.6 Å². The SMILES string of the molecule is O=S1(=O)CC[C@@H](CN2CCC[C@H]2c2ccccc2Cl)C1. The van der Waals surface area contributed by atoms with Gasteiger partial charge < -0.3 is 0 Å². The Morgan fingerprint density at radius 1 is 1.25 bits per heavy atom. The highest BCUT2D eigenvalue weighted by Crippen LogP contribution is 2.36. The van der Waals surface area contributed by atoms with Crippen LogP contribution < -0.4 is 0 Å². The number of likely N-dealkylation sites (tertiary alicyclic amines) is 1. The third-order valence-electron chi connectivity index (χ3n) is 4.45. The van der Waals surface area contributed by atoms with Crippen LogP contribution in [0.3, 0.4) is 0 Å². The lowest BCUT2D eigenvalue weighted by atomic mass is 10.0. The number of sulfone groups is 1. The van der Waals surface area contributed by atoms with Gasteiger partial charge in [0.25, 0.3) is 0 Å². The molecular formula is C15H20ClNO2S. The van der Waals surface area contributed by atoms with Crippen LogP contribution in [0.2, 0.25) is 5.02 Å². The molecule has 110 valence electrons. The molecular weight excluding hydrogens is 294 g/mol. The highest BCUT2D eigenvalue weighted by molar-refractivity contribution is 7.91. The highest BCUT2D eigenvalue weighted by Gasteiger charge is 2.33. The summed E-state index contributed by atoms with van der Waals surface area (Å²) >= 11 is 6.31. The van der Waals surface area contributed by atoms with Crippen LogP contribution in [0.25, 0.3) is 0 Å². The molecule has 5 heteroatoms. The minimum absolute atomic E-state index is 0.295. The number of hydrogen-bond acceptors (Lipinski definition) is 3. The zero-order valence-corrected chi connectivity index (χ0v) is 13.0. The van der Waals surface area contributed by atoms with Crippen LogP contribution in [0.1, 0.15) is 30.9 Å². The molecule has 0 unspecified atom stereocenters. The van der Waals surface area contributed by atoms with Gasteiger partial charge in [-0.2, -0.15) is 0 Å². The van der Waals surface area contributed by atoms with Crippen LogP contribution >= 0.6 is 11.6 Å². The zero-order valence-electron chi connectivity index (χ0n) is 11.5. The largest absolute Gasteiger partial charge is 0.296 e. The van der Waals surface area contributed by atoms with Crippen molar-refractivity contribution < 1.29 is 8.42 Å². The lowest BCUT2D eigenvalue weighted by Crippen LogP contribution is -2.30. The maximum Gasteiger partial charge on any atom is 0.150 e. The first-order valence-corrected chi connectivity index (χ1v) is 9.44. The van der Waals surface area contributed by atoms with Crippen molar-refractivity contribution in [1.82, 2.24) is 4.90 Å². The van der Waals surface area contributed by atoms with E-state index in [1.807, 2.05) is 18.2 Å².